The molecule has 4 aliphatic rings. The van der Waals surface area contributed by atoms with Gasteiger partial charge in [0.2, 0.25) is 0 Å². The van der Waals surface area contributed by atoms with Crippen molar-refractivity contribution in [2.45, 2.75) is 72.0 Å². The lowest BCUT2D eigenvalue weighted by molar-refractivity contribution is 0.00952. The minimum absolute atomic E-state index is 0.334. The van der Waals surface area contributed by atoms with Crippen LogP contribution < -0.4 is 0 Å². The molecule has 0 spiro atoms. The van der Waals surface area contributed by atoms with Gasteiger partial charge in [0.25, 0.3) is 0 Å². The lowest BCUT2D eigenvalue weighted by atomic mass is 9.55. The number of fused-ring (bicyclic) bond motifs is 4. The molecule has 4 aliphatic carbocycles. The van der Waals surface area contributed by atoms with E-state index in [1.54, 1.807) is 0 Å². The van der Waals surface area contributed by atoms with Gasteiger partial charge >= 0.3 is 0 Å². The number of allylic oxidation sites excluding steroid dienone is 4. The number of halogens is 2. The summed E-state index contributed by atoms with van der Waals surface area (Å²) in [7, 11) is 0. The second-order valence-electron chi connectivity index (χ2n) is 12.9. The summed E-state index contributed by atoms with van der Waals surface area (Å²) in [6.45, 7) is 17.0. The molecule has 35 heavy (non-hydrogen) atoms. The molecule has 0 aliphatic heterocycles. The molecule has 0 aromatic heterocycles. The number of hydrogen-bond acceptors (Lipinski definition) is 2. The van der Waals surface area contributed by atoms with Gasteiger partial charge in [0.15, 0.2) is 0 Å². The molecule has 184 valence electrons. The summed E-state index contributed by atoms with van der Waals surface area (Å²) < 4.78 is 1.90. The van der Waals surface area contributed by atoms with Crippen molar-refractivity contribution < 1.29 is 10.2 Å². The summed E-state index contributed by atoms with van der Waals surface area (Å²) >= 11 is 7.30. The lowest BCUT2D eigenvalue weighted by Gasteiger charge is -2.52. The summed E-state index contributed by atoms with van der Waals surface area (Å²) in [5, 5.41) is 25.0. The molecule has 0 saturated carbocycles. The Bertz CT molecular complexity index is 1370. The fourth-order valence-electron chi connectivity index (χ4n) is 6.20. The maximum atomic E-state index is 12.8. The average molecular weight is 598 g/mol. The first-order chi connectivity index (χ1) is 15.9. The highest BCUT2D eigenvalue weighted by atomic mass is 79.9. The van der Waals surface area contributed by atoms with Crippen molar-refractivity contribution in [2.24, 2.45) is 10.8 Å². The second kappa shape index (κ2) is 7.31. The first-order valence-corrected chi connectivity index (χ1v) is 13.8. The Morgan fingerprint density at radius 3 is 2.03 bits per heavy atom. The smallest absolute Gasteiger partial charge is 0.120 e. The summed E-state index contributed by atoms with van der Waals surface area (Å²) in [5.41, 5.74) is 4.37. The maximum Gasteiger partial charge on any atom is 0.120 e. The van der Waals surface area contributed by atoms with Gasteiger partial charge in [-0.1, -0.05) is 93.3 Å². The van der Waals surface area contributed by atoms with E-state index in [1.165, 1.54) is 5.56 Å². The molecule has 1 aromatic carbocycles. The van der Waals surface area contributed by atoms with Gasteiger partial charge in [-0.05, 0) is 92.3 Å². The fraction of sp³-hybridized carbons (Fsp3) is 0.419. The molecular weight excluding hydrogens is 564 g/mol. The van der Waals surface area contributed by atoms with E-state index >= 15 is 0 Å². The average Bonchev–Trinajstić information content (AvgIpc) is 3.07. The quantitative estimate of drug-likeness (QED) is 0.317. The zero-order valence-corrected chi connectivity index (χ0v) is 24.9. The molecule has 0 saturated heterocycles. The third kappa shape index (κ3) is 3.26. The number of rotatable bonds is 0. The van der Waals surface area contributed by atoms with Gasteiger partial charge in [0, 0.05) is 19.9 Å². The van der Waals surface area contributed by atoms with Crippen LogP contribution in [0.2, 0.25) is 0 Å². The first-order valence-electron chi connectivity index (χ1n) is 12.2. The van der Waals surface area contributed by atoms with Gasteiger partial charge in [-0.3, -0.25) is 0 Å². The van der Waals surface area contributed by atoms with Crippen molar-refractivity contribution in [2.75, 3.05) is 0 Å². The van der Waals surface area contributed by atoms with Crippen LogP contribution in [-0.2, 0) is 5.41 Å². The topological polar surface area (TPSA) is 40.5 Å². The first kappa shape index (κ1) is 25.2. The summed E-state index contributed by atoms with van der Waals surface area (Å²) in [6.07, 6.45) is 10.5. The molecule has 2 nitrogen and oxygen atoms in total. The van der Waals surface area contributed by atoms with Gasteiger partial charge in [0.05, 0.1) is 0 Å². The SMILES string of the molecule is CC1(C)C2=CC3=C4C(=CC(Br)=CC4(O)C(C)(C)C)C=C3C(O)(C(C)(C)C)C2=Cc2ccc(Br)cc21. The van der Waals surface area contributed by atoms with Crippen molar-refractivity contribution in [3.05, 3.63) is 96.0 Å². The number of benzene rings is 1. The molecule has 0 fully saturated rings. The standard InChI is InChI=1S/C31H34Br2O2/c1-27(2,3)30(34)16-20(33)11-18-13-23-21(26(18)30)15-24-25(31(23,35)28(4,5)6)12-17-9-10-19(32)14-22(17)29(24,7)8/h9-16,34-35H,1-8H3. The molecule has 0 amide bonds. The van der Waals surface area contributed by atoms with Crippen LogP contribution in [0.5, 0.6) is 0 Å². The molecule has 0 bridgehead atoms. The van der Waals surface area contributed by atoms with Crippen molar-refractivity contribution in [1.82, 2.24) is 0 Å². The van der Waals surface area contributed by atoms with Gasteiger partial charge < -0.3 is 10.2 Å². The van der Waals surface area contributed by atoms with E-state index < -0.39 is 22.0 Å². The van der Waals surface area contributed by atoms with Crippen LogP contribution in [0.1, 0.15) is 66.5 Å². The third-order valence-corrected chi connectivity index (χ3v) is 9.37. The molecule has 2 N–H and O–H groups in total. The zero-order valence-electron chi connectivity index (χ0n) is 21.8. The van der Waals surface area contributed by atoms with Crippen molar-refractivity contribution in [3.63, 3.8) is 0 Å². The van der Waals surface area contributed by atoms with Crippen LogP contribution in [0.15, 0.2) is 84.9 Å². The van der Waals surface area contributed by atoms with Crippen molar-refractivity contribution in [1.29, 1.82) is 0 Å². The molecule has 4 heteroatoms. The molecule has 0 radical (unpaired) electrons. The van der Waals surface area contributed by atoms with E-state index in [9.17, 15) is 10.2 Å². The minimum Gasteiger partial charge on any atom is -0.380 e. The molecule has 0 heterocycles. The summed E-state index contributed by atoms with van der Waals surface area (Å²) in [5.74, 6) is 0. The summed E-state index contributed by atoms with van der Waals surface area (Å²) in [4.78, 5) is 0. The van der Waals surface area contributed by atoms with Crippen LogP contribution in [-0.4, -0.2) is 21.4 Å². The van der Waals surface area contributed by atoms with E-state index in [-0.39, 0.29) is 5.41 Å². The highest BCUT2D eigenvalue weighted by Gasteiger charge is 2.57. The molecule has 2 unspecified atom stereocenters. The lowest BCUT2D eigenvalue weighted by Crippen LogP contribution is -2.51. The predicted octanol–water partition coefficient (Wildman–Crippen LogP) is 8.07. The van der Waals surface area contributed by atoms with Gasteiger partial charge in [0.1, 0.15) is 11.2 Å². The van der Waals surface area contributed by atoms with Gasteiger partial charge in [-0.25, -0.2) is 0 Å². The van der Waals surface area contributed by atoms with Crippen LogP contribution in [0.3, 0.4) is 0 Å². The van der Waals surface area contributed by atoms with Gasteiger partial charge in [-0.2, -0.15) is 0 Å². The Morgan fingerprint density at radius 2 is 1.43 bits per heavy atom. The predicted molar refractivity (Wildman–Crippen MR) is 152 cm³/mol. The van der Waals surface area contributed by atoms with E-state index in [0.717, 1.165) is 48.0 Å². The molecule has 1 aromatic rings. The number of hydrogen-bond donors (Lipinski definition) is 2. The summed E-state index contributed by atoms with van der Waals surface area (Å²) in [6, 6.07) is 6.38. The minimum atomic E-state index is -1.23. The largest absolute Gasteiger partial charge is 0.380 e. The van der Waals surface area contributed by atoms with E-state index in [4.69, 9.17) is 0 Å². The zero-order chi connectivity index (χ0) is 25.9. The maximum absolute atomic E-state index is 12.8. The fourth-order valence-corrected chi connectivity index (χ4v) is 7.14. The van der Waals surface area contributed by atoms with Crippen LogP contribution in [0, 0.1) is 10.8 Å². The Morgan fingerprint density at radius 1 is 0.771 bits per heavy atom. The van der Waals surface area contributed by atoms with Gasteiger partial charge in [-0.15, -0.1) is 0 Å². The van der Waals surface area contributed by atoms with E-state index in [1.807, 2.05) is 6.08 Å². The molecule has 5 rings (SSSR count). The highest BCUT2D eigenvalue weighted by molar-refractivity contribution is 9.12. The van der Waals surface area contributed by atoms with Crippen molar-refractivity contribution in [3.8, 4) is 0 Å². The van der Waals surface area contributed by atoms with E-state index in [2.05, 4.69) is 130 Å². The Hall–Kier alpha value is -1.46. The normalized spacial score (nSPS) is 29.2. The Labute approximate surface area is 226 Å². The van der Waals surface area contributed by atoms with Crippen LogP contribution in [0.4, 0.5) is 0 Å². The second-order valence-corrected chi connectivity index (χ2v) is 14.8. The third-order valence-electron chi connectivity index (χ3n) is 8.42. The molecule has 2 atom stereocenters. The molecular formula is C31H34Br2O2. The van der Waals surface area contributed by atoms with Crippen LogP contribution in [0.25, 0.3) is 6.08 Å². The van der Waals surface area contributed by atoms with Crippen LogP contribution >= 0.6 is 31.9 Å². The van der Waals surface area contributed by atoms with E-state index in [0.29, 0.717) is 0 Å². The highest BCUT2D eigenvalue weighted by Crippen LogP contribution is 2.62. The monoisotopic (exact) mass is 596 g/mol. The number of aliphatic hydroxyl groups is 2. The Balaban J connectivity index is 1.92. The Kier molecular flexibility index (Phi) is 5.26. The van der Waals surface area contributed by atoms with Crippen molar-refractivity contribution >= 4 is 37.9 Å².